The molecule has 0 aromatic carbocycles. The second-order valence-electron chi connectivity index (χ2n) is 5.92. The number of hydrogen-bond acceptors (Lipinski definition) is 7. The van der Waals surface area contributed by atoms with Crippen LogP contribution in [0.25, 0.3) is 17.2 Å². The largest absolute Gasteiger partial charge is 0.382 e. The van der Waals surface area contributed by atoms with Crippen molar-refractivity contribution in [1.82, 2.24) is 24.5 Å². The number of allylic oxidation sites excluding steroid dienone is 3. The molecule has 0 fully saturated rings. The summed E-state index contributed by atoms with van der Waals surface area (Å²) >= 11 is 3.30. The molecule has 6 nitrogen and oxygen atoms in total. The average molecular weight is 371 g/mol. The van der Waals surface area contributed by atoms with Crippen LogP contribution in [0.5, 0.6) is 0 Å². The second kappa shape index (κ2) is 6.61. The molecule has 3 heterocycles. The molecule has 0 atom stereocenters. The first-order valence-corrected chi connectivity index (χ1v) is 9.77. The van der Waals surface area contributed by atoms with Crippen LogP contribution in [0.4, 0.5) is 5.82 Å². The van der Waals surface area contributed by atoms with Gasteiger partial charge in [-0.05, 0) is 31.2 Å². The van der Waals surface area contributed by atoms with Crippen LogP contribution in [-0.2, 0) is 13.0 Å². The summed E-state index contributed by atoms with van der Waals surface area (Å²) in [5.74, 6) is 0.417. The molecule has 0 aliphatic heterocycles. The fourth-order valence-electron chi connectivity index (χ4n) is 2.77. The first-order valence-electron chi connectivity index (χ1n) is 8.13. The summed E-state index contributed by atoms with van der Waals surface area (Å²) in [6.07, 6.45) is 9.71. The number of fused-ring (bicyclic) bond motifs is 2. The molecule has 3 aromatic heterocycles. The molecule has 0 radical (unpaired) electrons. The second-order valence-corrected chi connectivity index (χ2v) is 8.21. The molecule has 0 bridgehead atoms. The molecule has 25 heavy (non-hydrogen) atoms. The molecular formula is C17H18N6S2. The molecule has 128 valence electrons. The van der Waals surface area contributed by atoms with E-state index in [9.17, 15) is 0 Å². The summed E-state index contributed by atoms with van der Waals surface area (Å²) in [6.45, 7) is 5.12. The van der Waals surface area contributed by atoms with Crippen molar-refractivity contribution in [2.75, 3.05) is 5.73 Å². The van der Waals surface area contributed by atoms with Crippen LogP contribution in [0, 0.1) is 0 Å². The molecule has 0 saturated heterocycles. The van der Waals surface area contributed by atoms with E-state index in [1.165, 1.54) is 16.8 Å². The van der Waals surface area contributed by atoms with Crippen molar-refractivity contribution in [2.24, 2.45) is 0 Å². The number of nitrogens with two attached hydrogens (primary N) is 1. The lowest BCUT2D eigenvalue weighted by Crippen LogP contribution is -2.00. The van der Waals surface area contributed by atoms with E-state index in [1.807, 2.05) is 0 Å². The lowest BCUT2D eigenvalue weighted by Gasteiger charge is -2.04. The van der Waals surface area contributed by atoms with Gasteiger partial charge in [0.1, 0.15) is 6.33 Å². The average Bonchev–Trinajstić information content (AvgIpc) is 3.06. The third kappa shape index (κ3) is 3.07. The molecule has 0 unspecified atom stereocenters. The topological polar surface area (TPSA) is 82.5 Å². The van der Waals surface area contributed by atoms with Crippen LogP contribution >= 0.6 is 23.1 Å². The molecule has 0 saturated carbocycles. The lowest BCUT2D eigenvalue weighted by molar-refractivity contribution is 0.633. The normalized spacial score (nSPS) is 13.8. The smallest absolute Gasteiger partial charge is 0.177 e. The number of hydrogen-bond donors (Lipinski definition) is 1. The monoisotopic (exact) mass is 370 g/mol. The van der Waals surface area contributed by atoms with Gasteiger partial charge in [-0.2, -0.15) is 0 Å². The Balaban J connectivity index is 1.73. The van der Waals surface area contributed by atoms with Gasteiger partial charge in [-0.15, -0.1) is 11.3 Å². The highest BCUT2D eigenvalue weighted by molar-refractivity contribution is 8.00. The molecule has 0 amide bonds. The van der Waals surface area contributed by atoms with Gasteiger partial charge in [0, 0.05) is 17.8 Å². The van der Waals surface area contributed by atoms with E-state index in [-0.39, 0.29) is 0 Å². The highest BCUT2D eigenvalue weighted by Gasteiger charge is 2.18. The number of aryl methyl sites for hydroxylation is 1. The standard InChI is InChI=1S/C17H18N6S2/c1-3-7-23-15-13(14(18)19-9-20-15)22-16(23)25-17-21-11-6-4-5-10(2)8-12(11)24-17/h4-6,9H,3,7-8H2,1-2H3,(H2,18,19,20). The van der Waals surface area contributed by atoms with Crippen molar-refractivity contribution in [1.29, 1.82) is 0 Å². The van der Waals surface area contributed by atoms with Gasteiger partial charge < -0.3 is 10.3 Å². The Morgan fingerprint density at radius 1 is 1.32 bits per heavy atom. The molecule has 2 N–H and O–H groups in total. The van der Waals surface area contributed by atoms with E-state index in [0.29, 0.717) is 11.3 Å². The Kier molecular flexibility index (Phi) is 4.30. The number of rotatable bonds is 4. The molecule has 8 heteroatoms. The summed E-state index contributed by atoms with van der Waals surface area (Å²) in [7, 11) is 0. The highest BCUT2D eigenvalue weighted by atomic mass is 32.2. The van der Waals surface area contributed by atoms with Gasteiger partial charge >= 0.3 is 0 Å². The molecule has 0 spiro atoms. The predicted molar refractivity (Wildman–Crippen MR) is 103 cm³/mol. The molecular weight excluding hydrogens is 352 g/mol. The van der Waals surface area contributed by atoms with Crippen molar-refractivity contribution in [3.8, 4) is 0 Å². The maximum absolute atomic E-state index is 5.98. The molecule has 1 aliphatic rings. The quantitative estimate of drug-likeness (QED) is 0.749. The molecule has 3 aromatic rings. The number of nitrogens with zero attached hydrogens (tertiary/aromatic N) is 5. The van der Waals surface area contributed by atoms with Crippen LogP contribution in [-0.4, -0.2) is 24.5 Å². The fraction of sp³-hybridized carbons (Fsp3) is 0.294. The van der Waals surface area contributed by atoms with E-state index in [1.54, 1.807) is 23.1 Å². The fourth-order valence-corrected chi connectivity index (χ4v) is 5.06. The van der Waals surface area contributed by atoms with E-state index >= 15 is 0 Å². The SMILES string of the molecule is CCCn1c(Sc2nc3c(s2)CC(C)=CC=C3)nc2c(N)ncnc21. The Bertz CT molecular complexity index is 998. The van der Waals surface area contributed by atoms with Gasteiger partial charge in [-0.25, -0.2) is 19.9 Å². The summed E-state index contributed by atoms with van der Waals surface area (Å²) in [4.78, 5) is 19.2. The first kappa shape index (κ1) is 16.3. The number of anilines is 1. The van der Waals surface area contributed by atoms with Crippen LogP contribution in [0.15, 0.2) is 33.5 Å². The van der Waals surface area contributed by atoms with Crippen LogP contribution in [0.3, 0.4) is 0 Å². The lowest BCUT2D eigenvalue weighted by atomic mass is 10.2. The zero-order chi connectivity index (χ0) is 17.4. The van der Waals surface area contributed by atoms with Gasteiger partial charge in [-0.3, -0.25) is 0 Å². The van der Waals surface area contributed by atoms with Crippen LogP contribution in [0.2, 0.25) is 0 Å². The Labute approximate surface area is 153 Å². The van der Waals surface area contributed by atoms with E-state index in [0.717, 1.165) is 40.2 Å². The van der Waals surface area contributed by atoms with E-state index < -0.39 is 0 Å². The van der Waals surface area contributed by atoms with Crippen LogP contribution < -0.4 is 5.73 Å². The van der Waals surface area contributed by atoms with Crippen molar-refractivity contribution in [3.63, 3.8) is 0 Å². The number of aromatic nitrogens is 5. The minimum Gasteiger partial charge on any atom is -0.382 e. The minimum atomic E-state index is 0.417. The van der Waals surface area contributed by atoms with Gasteiger partial charge in [0.2, 0.25) is 0 Å². The third-order valence-corrected chi connectivity index (χ3v) is 6.06. The molecule has 4 rings (SSSR count). The van der Waals surface area contributed by atoms with Crippen molar-refractivity contribution < 1.29 is 0 Å². The Morgan fingerprint density at radius 2 is 2.20 bits per heavy atom. The Morgan fingerprint density at radius 3 is 3.04 bits per heavy atom. The summed E-state index contributed by atoms with van der Waals surface area (Å²) in [6, 6.07) is 0. The van der Waals surface area contributed by atoms with Crippen molar-refractivity contribution >= 4 is 46.2 Å². The zero-order valence-electron chi connectivity index (χ0n) is 14.1. The summed E-state index contributed by atoms with van der Waals surface area (Å²) in [5, 5.41) is 0.865. The van der Waals surface area contributed by atoms with Crippen molar-refractivity contribution in [3.05, 3.63) is 34.6 Å². The van der Waals surface area contributed by atoms with Crippen LogP contribution in [0.1, 0.15) is 30.8 Å². The van der Waals surface area contributed by atoms with Crippen molar-refractivity contribution in [2.45, 2.75) is 42.7 Å². The number of nitrogen functional groups attached to an aromatic ring is 1. The Hall–Kier alpha value is -2.19. The van der Waals surface area contributed by atoms with Gasteiger partial charge in [-0.1, -0.05) is 24.6 Å². The van der Waals surface area contributed by atoms with Gasteiger partial charge in [0.15, 0.2) is 26.5 Å². The zero-order valence-corrected chi connectivity index (χ0v) is 15.7. The van der Waals surface area contributed by atoms with Gasteiger partial charge in [0.05, 0.1) is 5.69 Å². The number of imidazole rings is 1. The van der Waals surface area contributed by atoms with E-state index in [2.05, 4.69) is 51.6 Å². The first-order chi connectivity index (χ1) is 12.2. The highest BCUT2D eigenvalue weighted by Crippen LogP contribution is 2.36. The summed E-state index contributed by atoms with van der Waals surface area (Å²) < 4.78 is 3.09. The summed E-state index contributed by atoms with van der Waals surface area (Å²) in [5.41, 5.74) is 9.82. The maximum Gasteiger partial charge on any atom is 0.177 e. The van der Waals surface area contributed by atoms with E-state index in [4.69, 9.17) is 10.7 Å². The predicted octanol–water partition coefficient (Wildman–Crippen LogP) is 3.94. The van der Waals surface area contributed by atoms with Gasteiger partial charge in [0.25, 0.3) is 0 Å². The molecule has 1 aliphatic carbocycles. The third-order valence-electron chi connectivity index (χ3n) is 3.93. The number of thiazole rings is 1. The maximum atomic E-state index is 5.98. The minimum absolute atomic E-state index is 0.417.